The predicted octanol–water partition coefficient (Wildman–Crippen LogP) is 4.57. The Morgan fingerprint density at radius 1 is 0.682 bits per heavy atom. The molecule has 107 heavy (non-hydrogen) atoms. The zero-order valence-electron chi connectivity index (χ0n) is 65.5. The molecule has 594 valence electrons. The zero-order chi connectivity index (χ0) is 79.1. The molecule has 3 fully saturated rings. The number of imide groups is 1. The van der Waals surface area contributed by atoms with Gasteiger partial charge in [-0.2, -0.15) is 0 Å². The molecule has 29 nitrogen and oxygen atoms in total. The van der Waals surface area contributed by atoms with Crippen molar-refractivity contribution in [2.24, 2.45) is 47.2 Å². The number of methoxy groups -OCH3 is 2. The fourth-order valence-electron chi connectivity index (χ4n) is 15.0. The fraction of sp³-hybridized carbons (Fsp3) is 0.667. The Kier molecular flexibility index (Phi) is 33.9. The van der Waals surface area contributed by atoms with E-state index in [-0.39, 0.29) is 105 Å². The van der Waals surface area contributed by atoms with Crippen LogP contribution < -0.4 is 48.3 Å². The molecular weight excluding hydrogens is 1380 g/mol. The first-order chi connectivity index (χ1) is 50.6. The molecule has 4 heterocycles. The first-order valence-electron chi connectivity index (χ1n) is 38.0. The highest BCUT2D eigenvalue weighted by Crippen LogP contribution is 2.39. The molecule has 6 rings (SSSR count). The molecule has 3 saturated heterocycles. The number of anilines is 1. The second-order valence-corrected chi connectivity index (χ2v) is 30.6. The summed E-state index contributed by atoms with van der Waals surface area (Å²) in [7, 11) is 6.75. The van der Waals surface area contributed by atoms with E-state index in [1.165, 1.54) is 19.3 Å². The molecular formula is C78H120N12O17. The number of nitrogens with zero attached hydrogens (tertiary/aromatic N) is 3. The van der Waals surface area contributed by atoms with Gasteiger partial charge in [0.1, 0.15) is 24.2 Å². The van der Waals surface area contributed by atoms with Crippen molar-refractivity contribution >= 4 is 76.6 Å². The van der Waals surface area contributed by atoms with Crippen LogP contribution in [0.2, 0.25) is 0 Å². The lowest BCUT2D eigenvalue weighted by molar-refractivity contribution is -0.208. The van der Waals surface area contributed by atoms with E-state index in [4.69, 9.17) is 29.4 Å². The monoisotopic (exact) mass is 1500 g/mol. The lowest BCUT2D eigenvalue weighted by atomic mass is 9.73. The van der Waals surface area contributed by atoms with Crippen LogP contribution >= 0.6 is 0 Å². The van der Waals surface area contributed by atoms with Gasteiger partial charge in [-0.3, -0.25) is 62.5 Å². The van der Waals surface area contributed by atoms with Gasteiger partial charge in [-0.25, -0.2) is 4.79 Å². The number of urea groups is 1. The predicted molar refractivity (Wildman–Crippen MR) is 401 cm³/mol. The summed E-state index contributed by atoms with van der Waals surface area (Å²) in [6.45, 7) is 23.1. The Balaban J connectivity index is 1.06. The molecule has 4 aliphatic heterocycles. The molecule has 0 bridgehead atoms. The smallest absolute Gasteiger partial charge is 0.312 e. The fourth-order valence-corrected chi connectivity index (χ4v) is 15.0. The number of hydrogen-bond donors (Lipinski definition) is 9. The van der Waals surface area contributed by atoms with Crippen LogP contribution in [0.15, 0.2) is 66.7 Å². The number of Topliss-reactive ketones (excluding diaryl/α,β-unsaturated/α-hetero) is 1. The number of amides is 12. The first-order valence-corrected chi connectivity index (χ1v) is 38.0. The highest BCUT2D eigenvalue weighted by atomic mass is 16.8. The Bertz CT molecular complexity index is 3360. The van der Waals surface area contributed by atoms with Crippen molar-refractivity contribution in [3.63, 3.8) is 0 Å². The van der Waals surface area contributed by atoms with Gasteiger partial charge < -0.3 is 76.9 Å². The lowest BCUT2D eigenvalue weighted by Gasteiger charge is -2.39. The maximum Gasteiger partial charge on any atom is 0.312 e. The van der Waals surface area contributed by atoms with E-state index in [0.29, 0.717) is 57.2 Å². The maximum absolute atomic E-state index is 14.7. The number of carbonyl (C=O) groups is 12. The number of rotatable bonds is 43. The van der Waals surface area contributed by atoms with Crippen molar-refractivity contribution in [3.05, 3.63) is 77.9 Å². The normalized spacial score (nSPS) is 21.3. The number of unbranched alkanes of at least 4 members (excludes halogenated alkanes) is 2. The topological polar surface area (TPSA) is 383 Å². The van der Waals surface area contributed by atoms with Gasteiger partial charge in [0.2, 0.25) is 41.4 Å². The van der Waals surface area contributed by atoms with Gasteiger partial charge in [-0.05, 0) is 126 Å². The summed E-state index contributed by atoms with van der Waals surface area (Å²) in [5.41, 5.74) is 7.28. The van der Waals surface area contributed by atoms with Gasteiger partial charge in [-0.1, -0.05) is 125 Å². The van der Waals surface area contributed by atoms with E-state index in [0.717, 1.165) is 16.0 Å². The molecule has 10 N–H and O–H groups in total. The molecule has 0 spiro atoms. The molecule has 0 saturated carbocycles. The number of fused-ring (bicyclic) bond motifs is 1. The number of ether oxygens (including phenoxy) is 5. The third kappa shape index (κ3) is 24.9. The molecule has 12 amide bonds. The van der Waals surface area contributed by atoms with E-state index in [1.807, 2.05) is 90.9 Å². The minimum atomic E-state index is -1.37. The highest BCUT2D eigenvalue weighted by molar-refractivity contribution is 6.12. The molecule has 29 heteroatoms. The zero-order valence-corrected chi connectivity index (χ0v) is 65.5. The van der Waals surface area contributed by atoms with Gasteiger partial charge >= 0.3 is 6.03 Å². The minimum Gasteiger partial charge on any atom is -0.381 e. The Morgan fingerprint density at radius 3 is 1.93 bits per heavy atom. The van der Waals surface area contributed by atoms with Crippen molar-refractivity contribution in [3.8, 4) is 0 Å². The van der Waals surface area contributed by atoms with Crippen molar-refractivity contribution in [1.82, 2.24) is 51.9 Å². The number of carbonyl (C=O) groups excluding carboxylic acids is 12. The quantitative estimate of drug-likeness (QED) is 0.0324. The van der Waals surface area contributed by atoms with Crippen LogP contribution in [0.25, 0.3) is 0 Å². The lowest BCUT2D eigenvalue weighted by Crippen LogP contribution is -2.59. The summed E-state index contributed by atoms with van der Waals surface area (Å²) in [6, 6.07) is 9.20. The second-order valence-electron chi connectivity index (χ2n) is 30.6. The van der Waals surface area contributed by atoms with Gasteiger partial charge in [0.25, 0.3) is 17.7 Å². The SMILES string of the molecule is CCC(C)C(C(CC(=O)N1CCCC1C(OC)C(C)C(=O)N[C@@H](Cc1ccccc1)C(=O)NCCc1ccc(NC(=O)C(CCCNC(N)=O)NC(=O)[C@H](NC(=O)C2OC3OC(C)(C)OC3C2NC(=O)CCCCCN2C(=O)C=CC2=O)C(C)C)cc1)OC)C(C)C(=O)[C@@H](NC(=O)C(C(C)C)N(C)C)C(C)C. The van der Waals surface area contributed by atoms with Gasteiger partial charge in [0.15, 0.2) is 24.0 Å². The molecule has 2 aromatic rings. The van der Waals surface area contributed by atoms with E-state index < -0.39 is 138 Å². The molecule has 0 aliphatic carbocycles. The average Bonchev–Trinajstić information content (AvgIpc) is 1.61. The largest absolute Gasteiger partial charge is 0.381 e. The number of primary amides is 1. The van der Waals surface area contributed by atoms with Crippen LogP contribution in [-0.2, 0) is 89.3 Å². The molecule has 2 aromatic carbocycles. The summed E-state index contributed by atoms with van der Waals surface area (Å²) in [5.74, 6) is -8.35. The van der Waals surface area contributed by atoms with E-state index in [9.17, 15) is 57.5 Å². The van der Waals surface area contributed by atoms with Crippen molar-refractivity contribution in [2.45, 2.75) is 239 Å². The number of likely N-dealkylation sites (N-methyl/N-ethyl adjacent to an activating group) is 1. The summed E-state index contributed by atoms with van der Waals surface area (Å²) in [4.78, 5) is 168. The number of nitrogens with one attached hydrogen (secondary N) is 8. The summed E-state index contributed by atoms with van der Waals surface area (Å²) in [6.07, 6.45) is 1.85. The number of likely N-dealkylation sites (tertiary alicyclic amines) is 1. The third-order valence-electron chi connectivity index (χ3n) is 20.9. The van der Waals surface area contributed by atoms with Crippen molar-refractivity contribution < 1.29 is 81.2 Å². The van der Waals surface area contributed by atoms with Crippen LogP contribution in [-0.4, -0.2) is 219 Å². The van der Waals surface area contributed by atoms with Gasteiger partial charge in [0.05, 0.1) is 48.7 Å². The highest BCUT2D eigenvalue weighted by Gasteiger charge is 2.58. The van der Waals surface area contributed by atoms with Crippen LogP contribution in [0.4, 0.5) is 10.5 Å². The number of ketones is 1. The molecule has 16 atom stereocenters. The summed E-state index contributed by atoms with van der Waals surface area (Å²) < 4.78 is 30.4. The summed E-state index contributed by atoms with van der Waals surface area (Å²) in [5, 5.41) is 22.8. The second kappa shape index (κ2) is 41.4. The van der Waals surface area contributed by atoms with Crippen LogP contribution in [0, 0.1) is 41.4 Å². The van der Waals surface area contributed by atoms with Gasteiger partial charge in [0, 0.05) is 77.0 Å². The maximum atomic E-state index is 14.7. The first kappa shape index (κ1) is 87.7. The Labute approximate surface area is 630 Å². The van der Waals surface area contributed by atoms with Gasteiger partial charge in [-0.15, -0.1) is 0 Å². The van der Waals surface area contributed by atoms with E-state index in [2.05, 4.69) is 49.5 Å². The van der Waals surface area contributed by atoms with Crippen LogP contribution in [0.5, 0.6) is 0 Å². The molecule has 13 unspecified atom stereocenters. The molecule has 0 aromatic heterocycles. The standard InChI is InChI=1S/C78H120N12O17/c1-17-47(8)61(48(9)66(95)62(44(2)3)86-74(100)65(46(6)7)88(13)14)56(103-15)43-60(94)89-41-25-29-55(89)67(104-16)49(10)70(96)84-54(42-51-26-20-18-21-27-51)71(97)80-39-37-50-31-33-52(34-32-50)82-72(98)53(28-24-38-81-77(79)102)83-73(99)63(45(4)5)87-75(101)68-64(69-76(105-68)107-78(11,12)106-69)85-57(91)30-22-19-23-40-90-58(92)35-36-59(90)93/h18,20-21,26-27,31-36,44-49,53-56,61-65,67-69,76H,17,19,22-25,28-30,37-43H2,1-16H3,(H,80,97)(H,82,98)(H,83,99)(H,84,96)(H,85,91)(H,86,100)(H,87,101)(H3,79,81,102)/t47?,48?,49?,53?,54-,55?,56?,61?,62-,63+,64?,65?,67?,68?,69?,76?/m0/s1. The Hall–Kier alpha value is -8.22. The number of hydrogen-bond acceptors (Lipinski definition) is 18. The summed E-state index contributed by atoms with van der Waals surface area (Å²) >= 11 is 0. The third-order valence-corrected chi connectivity index (χ3v) is 20.9. The van der Waals surface area contributed by atoms with Crippen molar-refractivity contribution in [2.75, 3.05) is 59.8 Å². The molecule has 0 radical (unpaired) electrons. The van der Waals surface area contributed by atoms with Crippen LogP contribution in [0.1, 0.15) is 158 Å². The minimum absolute atomic E-state index is 0.00223. The van der Waals surface area contributed by atoms with Crippen molar-refractivity contribution in [1.29, 1.82) is 0 Å². The van der Waals surface area contributed by atoms with E-state index in [1.54, 1.807) is 70.9 Å². The number of benzene rings is 2. The van der Waals surface area contributed by atoms with E-state index >= 15 is 0 Å². The molecule has 4 aliphatic rings. The number of nitrogens with two attached hydrogens (primary N) is 1. The Morgan fingerprint density at radius 2 is 1.34 bits per heavy atom. The van der Waals surface area contributed by atoms with Crippen LogP contribution in [0.3, 0.4) is 0 Å². The average molecular weight is 1500 g/mol.